The minimum atomic E-state index is -0.856. The first-order chi connectivity index (χ1) is 9.63. The summed E-state index contributed by atoms with van der Waals surface area (Å²) in [7, 11) is 0. The van der Waals surface area contributed by atoms with Crippen LogP contribution in [0.4, 0.5) is 8.78 Å². The third kappa shape index (κ3) is 3.02. The number of nitrogens with one attached hydrogen (secondary N) is 1. The summed E-state index contributed by atoms with van der Waals surface area (Å²) in [4.78, 5) is 12.0. The molecule has 1 amide bonds. The Morgan fingerprint density at radius 2 is 1.65 bits per heavy atom. The largest absolute Gasteiger partial charge is 0.345 e. The highest BCUT2D eigenvalue weighted by atomic mass is 19.1. The highest BCUT2D eigenvalue weighted by Crippen LogP contribution is 2.18. The van der Waals surface area contributed by atoms with E-state index < -0.39 is 23.1 Å². The van der Waals surface area contributed by atoms with Crippen molar-refractivity contribution in [1.82, 2.24) is 5.32 Å². The molecule has 1 N–H and O–H groups in total. The molecule has 0 aliphatic carbocycles. The Kier molecular flexibility index (Phi) is 4.45. The van der Waals surface area contributed by atoms with Crippen LogP contribution < -0.4 is 5.32 Å². The van der Waals surface area contributed by atoms with Crippen molar-refractivity contribution in [3.8, 4) is 0 Å². The van der Waals surface area contributed by atoms with Crippen LogP contribution in [-0.4, -0.2) is 5.91 Å². The van der Waals surface area contributed by atoms with Crippen LogP contribution in [0.3, 0.4) is 0 Å². The molecule has 0 saturated carbocycles. The number of hydrogen-bond acceptors (Lipinski definition) is 1. The van der Waals surface area contributed by atoms with Crippen molar-refractivity contribution in [2.24, 2.45) is 0 Å². The zero-order valence-electron chi connectivity index (χ0n) is 11.1. The maximum Gasteiger partial charge on any atom is 0.257 e. The van der Waals surface area contributed by atoms with Crippen molar-refractivity contribution in [1.29, 1.82) is 0 Å². The predicted molar refractivity (Wildman–Crippen MR) is 73.3 cm³/mol. The van der Waals surface area contributed by atoms with Gasteiger partial charge < -0.3 is 5.32 Å². The van der Waals surface area contributed by atoms with Gasteiger partial charge in [0.15, 0.2) is 0 Å². The van der Waals surface area contributed by atoms with E-state index in [1.807, 2.05) is 37.3 Å². The standard InChI is InChI=1S/C16H15F2NO/c1-2-14(11-7-4-3-5-8-11)19-16(20)15-12(17)9-6-10-13(15)18/h3-10,14H,2H2,1H3,(H,19,20)/t14-/m1/s1. The van der Waals surface area contributed by atoms with Crippen molar-refractivity contribution >= 4 is 5.91 Å². The van der Waals surface area contributed by atoms with E-state index in [1.54, 1.807) is 0 Å². The highest BCUT2D eigenvalue weighted by molar-refractivity contribution is 5.95. The molecule has 2 aromatic rings. The fourth-order valence-corrected chi connectivity index (χ4v) is 2.05. The van der Waals surface area contributed by atoms with Crippen LogP contribution >= 0.6 is 0 Å². The van der Waals surface area contributed by atoms with Gasteiger partial charge in [0.2, 0.25) is 0 Å². The first-order valence-corrected chi connectivity index (χ1v) is 6.43. The van der Waals surface area contributed by atoms with Gasteiger partial charge in [0.1, 0.15) is 17.2 Å². The summed E-state index contributed by atoms with van der Waals surface area (Å²) in [6.07, 6.45) is 0.631. The molecule has 0 saturated heterocycles. The number of benzene rings is 2. The molecule has 0 heterocycles. The van der Waals surface area contributed by atoms with E-state index in [-0.39, 0.29) is 6.04 Å². The molecule has 0 spiro atoms. The summed E-state index contributed by atoms with van der Waals surface area (Å²) >= 11 is 0. The van der Waals surface area contributed by atoms with Gasteiger partial charge in [0.25, 0.3) is 5.91 Å². The molecule has 0 unspecified atom stereocenters. The highest BCUT2D eigenvalue weighted by Gasteiger charge is 2.20. The van der Waals surface area contributed by atoms with Gasteiger partial charge in [-0.25, -0.2) is 8.78 Å². The van der Waals surface area contributed by atoms with Gasteiger partial charge in [0.05, 0.1) is 6.04 Å². The second-order valence-corrected chi connectivity index (χ2v) is 4.44. The fraction of sp³-hybridized carbons (Fsp3) is 0.188. The van der Waals surface area contributed by atoms with Gasteiger partial charge in [-0.05, 0) is 24.1 Å². The molecule has 104 valence electrons. The number of hydrogen-bond donors (Lipinski definition) is 1. The average Bonchev–Trinajstić information content (AvgIpc) is 2.45. The molecule has 0 fully saturated rings. The van der Waals surface area contributed by atoms with E-state index in [0.29, 0.717) is 6.42 Å². The third-order valence-electron chi connectivity index (χ3n) is 3.11. The van der Waals surface area contributed by atoms with Crippen molar-refractivity contribution < 1.29 is 13.6 Å². The Morgan fingerprint density at radius 3 is 2.20 bits per heavy atom. The van der Waals surface area contributed by atoms with Gasteiger partial charge in [-0.3, -0.25) is 4.79 Å². The number of rotatable bonds is 4. The Labute approximate surface area is 116 Å². The van der Waals surface area contributed by atoms with E-state index in [2.05, 4.69) is 5.32 Å². The Bertz CT molecular complexity index is 578. The molecule has 1 atom stereocenters. The molecular formula is C16H15F2NO. The van der Waals surface area contributed by atoms with E-state index in [1.165, 1.54) is 6.07 Å². The van der Waals surface area contributed by atoms with Gasteiger partial charge in [0, 0.05) is 0 Å². The Balaban J connectivity index is 2.22. The summed E-state index contributed by atoms with van der Waals surface area (Å²) in [5.74, 6) is -2.45. The summed E-state index contributed by atoms with van der Waals surface area (Å²) in [5, 5.41) is 2.66. The third-order valence-corrected chi connectivity index (χ3v) is 3.11. The molecule has 4 heteroatoms. The normalized spacial score (nSPS) is 11.9. The summed E-state index contributed by atoms with van der Waals surface area (Å²) in [6, 6.07) is 12.4. The van der Waals surface area contributed by atoms with Gasteiger partial charge in [-0.2, -0.15) is 0 Å². The van der Waals surface area contributed by atoms with Crippen LogP contribution in [0.15, 0.2) is 48.5 Å². The monoisotopic (exact) mass is 275 g/mol. The topological polar surface area (TPSA) is 29.1 Å². The predicted octanol–water partition coefficient (Wildman–Crippen LogP) is 3.85. The summed E-state index contributed by atoms with van der Waals surface area (Å²) < 4.78 is 27.1. The number of halogens is 2. The molecule has 0 aliphatic heterocycles. The van der Waals surface area contributed by atoms with Crippen molar-refractivity contribution in [2.75, 3.05) is 0 Å². The van der Waals surface area contributed by atoms with Crippen molar-refractivity contribution in [2.45, 2.75) is 19.4 Å². The van der Waals surface area contributed by atoms with E-state index >= 15 is 0 Å². The molecule has 20 heavy (non-hydrogen) atoms. The number of carbonyl (C=O) groups excluding carboxylic acids is 1. The van der Waals surface area contributed by atoms with E-state index in [4.69, 9.17) is 0 Å². The van der Waals surface area contributed by atoms with Crippen molar-refractivity contribution in [3.05, 3.63) is 71.3 Å². The maximum atomic E-state index is 13.6. The first kappa shape index (κ1) is 14.2. The van der Waals surface area contributed by atoms with Crippen LogP contribution in [0.5, 0.6) is 0 Å². The van der Waals surface area contributed by atoms with E-state index in [0.717, 1.165) is 17.7 Å². The second-order valence-electron chi connectivity index (χ2n) is 4.44. The van der Waals surface area contributed by atoms with Gasteiger partial charge in [-0.15, -0.1) is 0 Å². The Morgan fingerprint density at radius 1 is 1.05 bits per heavy atom. The first-order valence-electron chi connectivity index (χ1n) is 6.43. The van der Waals surface area contributed by atoms with Crippen LogP contribution in [0.2, 0.25) is 0 Å². The smallest absolute Gasteiger partial charge is 0.257 e. The van der Waals surface area contributed by atoms with Gasteiger partial charge >= 0.3 is 0 Å². The lowest BCUT2D eigenvalue weighted by Crippen LogP contribution is -2.29. The fourth-order valence-electron chi connectivity index (χ4n) is 2.05. The lowest BCUT2D eigenvalue weighted by molar-refractivity contribution is 0.0927. The number of amides is 1. The second kappa shape index (κ2) is 6.28. The molecule has 0 aliphatic rings. The maximum absolute atomic E-state index is 13.6. The Hall–Kier alpha value is -2.23. The number of carbonyl (C=O) groups is 1. The van der Waals surface area contributed by atoms with Gasteiger partial charge in [-0.1, -0.05) is 43.3 Å². The summed E-state index contributed by atoms with van der Waals surface area (Å²) in [5.41, 5.74) is 0.363. The average molecular weight is 275 g/mol. The van der Waals surface area contributed by atoms with Crippen molar-refractivity contribution in [3.63, 3.8) is 0 Å². The van der Waals surface area contributed by atoms with Crippen LogP contribution in [-0.2, 0) is 0 Å². The minimum Gasteiger partial charge on any atom is -0.345 e. The SMILES string of the molecule is CC[C@@H](NC(=O)c1c(F)cccc1F)c1ccccc1. The lowest BCUT2D eigenvalue weighted by atomic mass is 10.0. The quantitative estimate of drug-likeness (QED) is 0.902. The molecule has 2 nitrogen and oxygen atoms in total. The molecule has 2 aromatic carbocycles. The molecule has 0 radical (unpaired) electrons. The molecular weight excluding hydrogens is 260 g/mol. The lowest BCUT2D eigenvalue weighted by Gasteiger charge is -2.17. The molecule has 2 rings (SSSR count). The van der Waals surface area contributed by atoms with Crippen LogP contribution in [0.25, 0.3) is 0 Å². The molecule has 0 aromatic heterocycles. The van der Waals surface area contributed by atoms with E-state index in [9.17, 15) is 13.6 Å². The van der Waals surface area contributed by atoms with Crippen LogP contribution in [0, 0.1) is 11.6 Å². The zero-order chi connectivity index (χ0) is 14.5. The van der Waals surface area contributed by atoms with Crippen LogP contribution in [0.1, 0.15) is 35.3 Å². The molecule has 0 bridgehead atoms. The minimum absolute atomic E-state index is 0.275. The summed E-state index contributed by atoms with van der Waals surface area (Å²) in [6.45, 7) is 1.90. The zero-order valence-corrected chi connectivity index (χ0v) is 11.1.